The first-order valence-corrected chi connectivity index (χ1v) is 9.09. The molecule has 0 N–H and O–H groups in total. The molecule has 1 unspecified atom stereocenters. The number of halogens is 1. The maximum atomic E-state index is 12.3. The fourth-order valence-corrected chi connectivity index (χ4v) is 3.22. The van der Waals surface area contributed by atoms with Gasteiger partial charge in [-0.25, -0.2) is 4.79 Å². The molecule has 1 rings (SSSR count). The van der Waals surface area contributed by atoms with E-state index in [9.17, 15) is 4.79 Å². The molecule has 0 aromatic carbocycles. The Balaban J connectivity index is 2.73. The number of carbonyl (C=O) groups is 1. The van der Waals surface area contributed by atoms with E-state index in [1.807, 2.05) is 20.8 Å². The summed E-state index contributed by atoms with van der Waals surface area (Å²) in [6, 6.07) is 0. The Bertz CT molecular complexity index is 339. The standard InChI is InChI=1S/C16H30BrNO3/c1-6-13(7-2)20-16(11-17)9-8-10-18(12-16)14(19)21-15(3,4)5/h13H,6-12H2,1-5H3. The molecular weight excluding hydrogens is 334 g/mol. The summed E-state index contributed by atoms with van der Waals surface area (Å²) in [5.41, 5.74) is -0.742. The third-order valence-corrected chi connectivity index (χ3v) is 4.78. The van der Waals surface area contributed by atoms with Gasteiger partial charge in [-0.3, -0.25) is 0 Å². The molecular formula is C16H30BrNO3. The minimum atomic E-state index is -0.457. The molecule has 1 aliphatic heterocycles. The second-order valence-electron chi connectivity index (χ2n) is 6.88. The Kier molecular flexibility index (Phi) is 6.98. The van der Waals surface area contributed by atoms with E-state index in [0.29, 0.717) is 6.54 Å². The van der Waals surface area contributed by atoms with Crippen molar-refractivity contribution in [2.24, 2.45) is 0 Å². The topological polar surface area (TPSA) is 38.8 Å². The van der Waals surface area contributed by atoms with Gasteiger partial charge < -0.3 is 14.4 Å². The molecule has 1 amide bonds. The van der Waals surface area contributed by atoms with Gasteiger partial charge in [-0.05, 0) is 46.5 Å². The van der Waals surface area contributed by atoms with Crippen molar-refractivity contribution in [3.8, 4) is 0 Å². The number of carbonyl (C=O) groups excluding carboxylic acids is 1. The summed E-state index contributed by atoms with van der Waals surface area (Å²) in [5, 5.41) is 0.746. The molecule has 21 heavy (non-hydrogen) atoms. The molecule has 4 nitrogen and oxygen atoms in total. The Morgan fingerprint density at radius 3 is 2.43 bits per heavy atom. The fourth-order valence-electron chi connectivity index (χ4n) is 2.63. The highest BCUT2D eigenvalue weighted by Crippen LogP contribution is 2.30. The zero-order valence-electron chi connectivity index (χ0n) is 14.1. The predicted octanol–water partition coefficient (Wildman–Crippen LogP) is 4.36. The zero-order chi connectivity index (χ0) is 16.1. The van der Waals surface area contributed by atoms with Crippen molar-refractivity contribution >= 4 is 22.0 Å². The zero-order valence-corrected chi connectivity index (χ0v) is 15.7. The van der Waals surface area contributed by atoms with Crippen molar-refractivity contribution in [1.29, 1.82) is 0 Å². The van der Waals surface area contributed by atoms with E-state index in [1.165, 1.54) is 0 Å². The van der Waals surface area contributed by atoms with Crippen LogP contribution in [-0.4, -0.2) is 46.7 Å². The van der Waals surface area contributed by atoms with Gasteiger partial charge in [0.05, 0.1) is 18.2 Å². The van der Waals surface area contributed by atoms with Gasteiger partial charge in [0.2, 0.25) is 0 Å². The summed E-state index contributed by atoms with van der Waals surface area (Å²) < 4.78 is 11.8. The molecule has 1 atom stereocenters. The van der Waals surface area contributed by atoms with Crippen LogP contribution in [0.3, 0.4) is 0 Å². The van der Waals surface area contributed by atoms with Crippen molar-refractivity contribution < 1.29 is 14.3 Å². The van der Waals surface area contributed by atoms with Crippen LogP contribution in [0.15, 0.2) is 0 Å². The normalized spacial score (nSPS) is 23.5. The Morgan fingerprint density at radius 1 is 1.33 bits per heavy atom. The van der Waals surface area contributed by atoms with Crippen LogP contribution in [0.1, 0.15) is 60.3 Å². The van der Waals surface area contributed by atoms with Crippen molar-refractivity contribution in [2.75, 3.05) is 18.4 Å². The van der Waals surface area contributed by atoms with Crippen molar-refractivity contribution in [2.45, 2.75) is 77.6 Å². The predicted molar refractivity (Wildman–Crippen MR) is 89.0 cm³/mol. The second-order valence-corrected chi connectivity index (χ2v) is 7.44. The van der Waals surface area contributed by atoms with Crippen LogP contribution in [0, 0.1) is 0 Å². The van der Waals surface area contributed by atoms with Crippen LogP contribution in [0.4, 0.5) is 4.79 Å². The lowest BCUT2D eigenvalue weighted by Crippen LogP contribution is -2.54. The largest absolute Gasteiger partial charge is 0.444 e. The highest BCUT2D eigenvalue weighted by atomic mass is 79.9. The molecule has 0 bridgehead atoms. The van der Waals surface area contributed by atoms with Crippen LogP contribution in [0.2, 0.25) is 0 Å². The van der Waals surface area contributed by atoms with E-state index in [0.717, 1.165) is 37.6 Å². The summed E-state index contributed by atoms with van der Waals surface area (Å²) in [5.74, 6) is 0. The second kappa shape index (κ2) is 7.82. The molecule has 0 aromatic rings. The molecule has 1 aliphatic rings. The lowest BCUT2D eigenvalue weighted by atomic mass is 9.94. The van der Waals surface area contributed by atoms with E-state index in [-0.39, 0.29) is 17.8 Å². The van der Waals surface area contributed by atoms with Gasteiger partial charge in [0.15, 0.2) is 0 Å². The minimum absolute atomic E-state index is 0.235. The van der Waals surface area contributed by atoms with E-state index >= 15 is 0 Å². The monoisotopic (exact) mass is 363 g/mol. The van der Waals surface area contributed by atoms with Crippen molar-refractivity contribution in [3.63, 3.8) is 0 Å². The first-order valence-electron chi connectivity index (χ1n) is 7.97. The van der Waals surface area contributed by atoms with E-state index < -0.39 is 5.60 Å². The van der Waals surface area contributed by atoms with Crippen LogP contribution >= 0.6 is 15.9 Å². The molecule has 1 fully saturated rings. The van der Waals surface area contributed by atoms with E-state index in [4.69, 9.17) is 9.47 Å². The van der Waals surface area contributed by atoms with Crippen LogP contribution in [0.25, 0.3) is 0 Å². The number of nitrogens with zero attached hydrogens (tertiary/aromatic N) is 1. The van der Waals surface area contributed by atoms with Gasteiger partial charge in [0.1, 0.15) is 5.60 Å². The molecule has 0 radical (unpaired) electrons. The lowest BCUT2D eigenvalue weighted by molar-refractivity contribution is -0.114. The number of hydrogen-bond donors (Lipinski definition) is 0. The SMILES string of the molecule is CCC(CC)OC1(CBr)CCCN(C(=O)OC(C)(C)C)C1. The first-order chi connectivity index (χ1) is 9.75. The highest BCUT2D eigenvalue weighted by Gasteiger charge is 2.39. The molecule has 0 spiro atoms. The summed E-state index contributed by atoms with van der Waals surface area (Å²) in [7, 11) is 0. The van der Waals surface area contributed by atoms with Gasteiger partial charge in [0.25, 0.3) is 0 Å². The molecule has 124 valence electrons. The van der Waals surface area contributed by atoms with Gasteiger partial charge in [-0.15, -0.1) is 0 Å². The van der Waals surface area contributed by atoms with E-state index in [1.54, 1.807) is 4.90 Å². The molecule has 1 saturated heterocycles. The Labute approximate surface area is 137 Å². The maximum absolute atomic E-state index is 12.3. The molecule has 0 saturated carbocycles. The lowest BCUT2D eigenvalue weighted by Gasteiger charge is -2.43. The van der Waals surface area contributed by atoms with Crippen LogP contribution in [0.5, 0.6) is 0 Å². The smallest absolute Gasteiger partial charge is 0.410 e. The molecule has 5 heteroatoms. The number of ether oxygens (including phenoxy) is 2. The van der Waals surface area contributed by atoms with E-state index in [2.05, 4.69) is 29.8 Å². The number of amides is 1. The Hall–Kier alpha value is -0.290. The quantitative estimate of drug-likeness (QED) is 0.681. The van der Waals surface area contributed by atoms with Crippen molar-refractivity contribution in [1.82, 2.24) is 4.90 Å². The van der Waals surface area contributed by atoms with Gasteiger partial charge >= 0.3 is 6.09 Å². The maximum Gasteiger partial charge on any atom is 0.410 e. The highest BCUT2D eigenvalue weighted by molar-refractivity contribution is 9.09. The number of likely N-dealkylation sites (tertiary alicyclic amines) is 1. The minimum Gasteiger partial charge on any atom is -0.444 e. The van der Waals surface area contributed by atoms with Gasteiger partial charge in [-0.2, -0.15) is 0 Å². The Morgan fingerprint density at radius 2 is 1.95 bits per heavy atom. The fraction of sp³-hybridized carbons (Fsp3) is 0.938. The molecule has 1 heterocycles. The summed E-state index contributed by atoms with van der Waals surface area (Å²) in [6.07, 6.45) is 3.94. The summed E-state index contributed by atoms with van der Waals surface area (Å²) >= 11 is 3.59. The van der Waals surface area contributed by atoms with Crippen LogP contribution in [-0.2, 0) is 9.47 Å². The summed E-state index contributed by atoms with van der Waals surface area (Å²) in [6.45, 7) is 11.3. The number of alkyl halides is 1. The van der Waals surface area contributed by atoms with Gasteiger partial charge in [0, 0.05) is 11.9 Å². The number of hydrogen-bond acceptors (Lipinski definition) is 3. The number of piperidine rings is 1. The summed E-state index contributed by atoms with van der Waals surface area (Å²) in [4.78, 5) is 14.1. The average Bonchev–Trinajstić information content (AvgIpc) is 2.43. The third-order valence-electron chi connectivity index (χ3n) is 3.76. The van der Waals surface area contributed by atoms with Crippen molar-refractivity contribution in [3.05, 3.63) is 0 Å². The molecule has 0 aliphatic carbocycles. The molecule has 0 aromatic heterocycles. The first kappa shape index (κ1) is 18.8. The average molecular weight is 364 g/mol. The van der Waals surface area contributed by atoms with Gasteiger partial charge in [-0.1, -0.05) is 29.8 Å². The number of rotatable bonds is 5. The van der Waals surface area contributed by atoms with Crippen LogP contribution < -0.4 is 0 Å². The third kappa shape index (κ3) is 5.78.